The van der Waals surface area contributed by atoms with E-state index in [1.807, 2.05) is 0 Å². The summed E-state index contributed by atoms with van der Waals surface area (Å²) in [4.78, 5) is 12.6. The molecule has 1 rings (SSSR count). The summed E-state index contributed by atoms with van der Waals surface area (Å²) in [6, 6.07) is 3.71. The standard InChI is InChI=1S/C7H2F2NO.Ti/c8-5-1-2-7(10-4-11)6(9)3-5;/h1-2H;/q-1;. The summed E-state index contributed by atoms with van der Waals surface area (Å²) in [5, 5.41) is 0. The molecule has 0 saturated carbocycles. The van der Waals surface area contributed by atoms with Crippen LogP contribution < -0.4 is 0 Å². The maximum atomic E-state index is 12.5. The Morgan fingerprint density at radius 3 is 2.58 bits per heavy atom. The molecule has 5 heteroatoms. The predicted octanol–water partition coefficient (Wildman–Crippen LogP) is 1.73. The van der Waals surface area contributed by atoms with Crippen LogP contribution in [-0.4, -0.2) is 6.08 Å². The molecule has 0 aliphatic heterocycles. The zero-order chi connectivity index (χ0) is 8.27. The molecule has 12 heavy (non-hydrogen) atoms. The van der Waals surface area contributed by atoms with Gasteiger partial charge in [-0.25, -0.2) is 18.6 Å². The van der Waals surface area contributed by atoms with E-state index in [-0.39, 0.29) is 27.4 Å². The van der Waals surface area contributed by atoms with Crippen molar-refractivity contribution < 1.29 is 35.3 Å². The first kappa shape index (κ1) is 11.2. The van der Waals surface area contributed by atoms with Crippen molar-refractivity contribution in [3.63, 3.8) is 0 Å². The third-order valence-electron chi connectivity index (χ3n) is 1.01. The minimum atomic E-state index is -0.992. The van der Waals surface area contributed by atoms with Crippen molar-refractivity contribution >= 4 is 11.8 Å². The van der Waals surface area contributed by atoms with E-state index in [1.165, 1.54) is 0 Å². The molecule has 0 aliphatic carbocycles. The van der Waals surface area contributed by atoms with Crippen LogP contribution in [0, 0.1) is 17.7 Å². The molecule has 0 atom stereocenters. The molecule has 0 unspecified atom stereocenters. The fraction of sp³-hybridized carbons (Fsp3) is 0. The Balaban J connectivity index is 0.00000121. The monoisotopic (exact) mass is 202 g/mol. The fourth-order valence-corrected chi connectivity index (χ4v) is 0.571. The number of aliphatic imine (C=N–C) groups is 1. The van der Waals surface area contributed by atoms with E-state index >= 15 is 0 Å². The van der Waals surface area contributed by atoms with Gasteiger partial charge in [0.25, 0.3) is 0 Å². The summed E-state index contributed by atoms with van der Waals surface area (Å²) in [6.45, 7) is 0. The largest absolute Gasteiger partial charge is 0.236 e. The van der Waals surface area contributed by atoms with Crippen LogP contribution in [0.1, 0.15) is 0 Å². The van der Waals surface area contributed by atoms with Crippen LogP contribution in [0.15, 0.2) is 17.1 Å². The quantitative estimate of drug-likeness (QED) is 0.295. The van der Waals surface area contributed by atoms with Crippen LogP contribution >= 0.6 is 0 Å². The maximum absolute atomic E-state index is 12.5. The van der Waals surface area contributed by atoms with Gasteiger partial charge < -0.3 is 0 Å². The van der Waals surface area contributed by atoms with Crippen molar-refractivity contribution in [1.29, 1.82) is 0 Å². The van der Waals surface area contributed by atoms with E-state index in [1.54, 1.807) is 6.07 Å². The van der Waals surface area contributed by atoms with Gasteiger partial charge >= 0.3 is 0 Å². The molecule has 2 nitrogen and oxygen atoms in total. The minimum Gasteiger partial charge on any atom is -0.236 e. The summed E-state index contributed by atoms with van der Waals surface area (Å²) in [5.74, 6) is -1.82. The molecule has 0 bridgehead atoms. The first-order chi connectivity index (χ1) is 5.24. The first-order valence-corrected chi connectivity index (χ1v) is 2.69. The molecule has 0 radical (unpaired) electrons. The SMILES string of the molecule is O=C=Nc1ccc(F)[c-]c1F.[Ti]. The zero-order valence-electron chi connectivity index (χ0n) is 5.77. The Hall–Kier alpha value is -0.826. The van der Waals surface area contributed by atoms with Gasteiger partial charge in [-0.1, -0.05) is 0 Å². The van der Waals surface area contributed by atoms with Crippen molar-refractivity contribution in [1.82, 2.24) is 0 Å². The summed E-state index contributed by atoms with van der Waals surface area (Å²) in [7, 11) is 0. The molecule has 1 aromatic rings. The fourth-order valence-electron chi connectivity index (χ4n) is 0.571. The van der Waals surface area contributed by atoms with Gasteiger partial charge in [-0.2, -0.15) is 0 Å². The second kappa shape index (κ2) is 4.93. The molecule has 0 heterocycles. The topological polar surface area (TPSA) is 29.4 Å². The summed E-state index contributed by atoms with van der Waals surface area (Å²) < 4.78 is 24.6. The average molecular weight is 202 g/mol. The van der Waals surface area contributed by atoms with Gasteiger partial charge in [-0.15, -0.1) is 18.2 Å². The van der Waals surface area contributed by atoms with Gasteiger partial charge in [0, 0.05) is 39.0 Å². The Morgan fingerprint density at radius 1 is 1.42 bits per heavy atom. The molecule has 0 fully saturated rings. The van der Waals surface area contributed by atoms with Crippen LogP contribution in [0.5, 0.6) is 0 Å². The Kier molecular flexibility index (Phi) is 4.59. The molecular formula is C7H2F2NOTi-. The number of isocyanates is 1. The second-order valence-corrected chi connectivity index (χ2v) is 1.71. The average Bonchev–Trinajstić information content (AvgIpc) is 1.95. The van der Waals surface area contributed by atoms with Crippen LogP contribution in [0.2, 0.25) is 0 Å². The van der Waals surface area contributed by atoms with Gasteiger partial charge in [0.1, 0.15) is 0 Å². The third-order valence-corrected chi connectivity index (χ3v) is 1.01. The molecule has 60 valence electrons. The minimum absolute atomic E-state index is 0. The molecule has 0 spiro atoms. The number of halogens is 2. The number of carbonyl (C=O) groups excluding carboxylic acids is 1. The van der Waals surface area contributed by atoms with E-state index in [4.69, 9.17) is 0 Å². The summed E-state index contributed by atoms with van der Waals surface area (Å²) in [6.07, 6.45) is 1.14. The van der Waals surface area contributed by atoms with Gasteiger partial charge in [-0.3, -0.25) is 0 Å². The van der Waals surface area contributed by atoms with E-state index in [2.05, 4.69) is 4.99 Å². The van der Waals surface area contributed by atoms with Crippen molar-refractivity contribution in [3.8, 4) is 0 Å². The van der Waals surface area contributed by atoms with Crippen LogP contribution in [0.4, 0.5) is 14.5 Å². The van der Waals surface area contributed by atoms with E-state index in [9.17, 15) is 13.6 Å². The molecule has 0 aromatic heterocycles. The number of rotatable bonds is 1. The first-order valence-electron chi connectivity index (χ1n) is 2.69. The van der Waals surface area contributed by atoms with Crippen molar-refractivity contribution in [2.24, 2.45) is 4.99 Å². The molecule has 0 saturated heterocycles. The number of nitrogens with zero attached hydrogens (tertiary/aromatic N) is 1. The van der Waals surface area contributed by atoms with Gasteiger partial charge in [0.2, 0.25) is 6.08 Å². The third kappa shape index (κ3) is 2.66. The number of hydrogen-bond acceptors (Lipinski definition) is 2. The predicted molar refractivity (Wildman–Crippen MR) is 33.0 cm³/mol. The Labute approximate surface area is 82.2 Å². The Morgan fingerprint density at radius 2 is 2.08 bits per heavy atom. The molecule has 1 aromatic carbocycles. The smallest absolute Gasteiger partial charge is 0.227 e. The molecular weight excluding hydrogens is 200 g/mol. The van der Waals surface area contributed by atoms with Gasteiger partial charge in [0.15, 0.2) is 0 Å². The van der Waals surface area contributed by atoms with Gasteiger partial charge in [0.05, 0.1) is 0 Å². The molecule has 0 amide bonds. The van der Waals surface area contributed by atoms with E-state index < -0.39 is 11.6 Å². The maximum Gasteiger partial charge on any atom is 0.227 e. The van der Waals surface area contributed by atoms with Crippen LogP contribution in [0.25, 0.3) is 0 Å². The Bertz CT molecular complexity index is 323. The van der Waals surface area contributed by atoms with Crippen molar-refractivity contribution in [3.05, 3.63) is 29.8 Å². The van der Waals surface area contributed by atoms with Crippen LogP contribution in [0.3, 0.4) is 0 Å². The zero-order valence-corrected chi connectivity index (χ0v) is 7.33. The second-order valence-electron chi connectivity index (χ2n) is 1.71. The molecule has 0 N–H and O–H groups in total. The summed E-state index contributed by atoms with van der Waals surface area (Å²) >= 11 is 0. The normalized spacial score (nSPS) is 8.17. The van der Waals surface area contributed by atoms with E-state index in [0.29, 0.717) is 0 Å². The molecule has 0 aliphatic rings. The van der Waals surface area contributed by atoms with E-state index in [0.717, 1.165) is 18.2 Å². The summed E-state index contributed by atoms with van der Waals surface area (Å²) in [5.41, 5.74) is -0.263. The van der Waals surface area contributed by atoms with Crippen molar-refractivity contribution in [2.45, 2.75) is 0 Å². The van der Waals surface area contributed by atoms with Crippen molar-refractivity contribution in [2.75, 3.05) is 0 Å². The number of hydrogen-bond donors (Lipinski definition) is 0. The van der Waals surface area contributed by atoms with Crippen LogP contribution in [-0.2, 0) is 26.5 Å². The van der Waals surface area contributed by atoms with Gasteiger partial charge in [-0.05, 0) is 0 Å². The number of benzene rings is 1.